The van der Waals surface area contributed by atoms with E-state index in [9.17, 15) is 28.9 Å². The minimum atomic E-state index is -4.53. The van der Waals surface area contributed by atoms with Crippen molar-refractivity contribution in [1.29, 1.82) is 0 Å². The SMILES string of the molecule is CC(OP(=O)(O)[C@@H](CCc1ccccc1)NC(=O)c1ccccc1)C(=O)N1CCCC1C(=O)O. The maximum Gasteiger partial charge on any atom is 0.350 e. The summed E-state index contributed by atoms with van der Waals surface area (Å²) in [7, 11) is -4.53. The second-order valence-electron chi connectivity index (χ2n) is 8.22. The zero-order valence-corrected chi connectivity index (χ0v) is 19.8. The number of likely N-dealkylation sites (tertiary alicyclic amines) is 1. The van der Waals surface area contributed by atoms with Crippen LogP contribution in [-0.2, 0) is 25.1 Å². The van der Waals surface area contributed by atoms with Gasteiger partial charge in [-0.1, -0.05) is 48.5 Å². The van der Waals surface area contributed by atoms with E-state index in [1.54, 1.807) is 30.3 Å². The van der Waals surface area contributed by atoms with Crippen LogP contribution in [0.25, 0.3) is 0 Å². The molecular formula is C24H29N2O7P. The number of carboxylic acids is 1. The molecule has 2 aromatic carbocycles. The van der Waals surface area contributed by atoms with Crippen molar-refractivity contribution in [3.05, 3.63) is 71.8 Å². The third-order valence-electron chi connectivity index (χ3n) is 5.75. The molecule has 34 heavy (non-hydrogen) atoms. The molecule has 2 amide bonds. The number of hydrogen-bond donors (Lipinski definition) is 3. The summed E-state index contributed by atoms with van der Waals surface area (Å²) in [5.74, 6) is -3.61. The van der Waals surface area contributed by atoms with Crippen LogP contribution in [0.2, 0.25) is 0 Å². The molecule has 0 radical (unpaired) electrons. The maximum absolute atomic E-state index is 13.3. The number of hydrogen-bond acceptors (Lipinski definition) is 5. The van der Waals surface area contributed by atoms with Gasteiger partial charge in [-0.2, -0.15) is 0 Å². The van der Waals surface area contributed by atoms with Crippen LogP contribution in [0.1, 0.15) is 42.1 Å². The van der Waals surface area contributed by atoms with Gasteiger partial charge in [0.2, 0.25) is 0 Å². The number of aliphatic carboxylic acids is 1. The largest absolute Gasteiger partial charge is 0.480 e. The van der Waals surface area contributed by atoms with Crippen LogP contribution in [0.15, 0.2) is 60.7 Å². The van der Waals surface area contributed by atoms with E-state index in [4.69, 9.17) is 4.52 Å². The first-order valence-electron chi connectivity index (χ1n) is 11.1. The van der Waals surface area contributed by atoms with Crippen LogP contribution in [-0.4, -0.2) is 57.2 Å². The van der Waals surface area contributed by atoms with Crippen molar-refractivity contribution in [3.8, 4) is 0 Å². The van der Waals surface area contributed by atoms with E-state index >= 15 is 0 Å². The predicted octanol–water partition coefficient (Wildman–Crippen LogP) is 3.04. The van der Waals surface area contributed by atoms with E-state index in [1.165, 1.54) is 6.92 Å². The van der Waals surface area contributed by atoms with E-state index in [1.807, 2.05) is 30.3 Å². The third kappa shape index (κ3) is 6.53. The highest BCUT2D eigenvalue weighted by molar-refractivity contribution is 7.53. The Labute approximate surface area is 198 Å². The Hall–Kier alpha value is -3.00. The highest BCUT2D eigenvalue weighted by Crippen LogP contribution is 2.49. The number of nitrogens with one attached hydrogen (secondary N) is 1. The van der Waals surface area contributed by atoms with E-state index in [0.717, 1.165) is 10.5 Å². The van der Waals surface area contributed by atoms with Crippen molar-refractivity contribution in [2.45, 2.75) is 50.5 Å². The van der Waals surface area contributed by atoms with Crippen LogP contribution < -0.4 is 5.32 Å². The molecule has 0 aromatic heterocycles. The van der Waals surface area contributed by atoms with Crippen molar-refractivity contribution in [3.63, 3.8) is 0 Å². The van der Waals surface area contributed by atoms with Crippen LogP contribution in [0.4, 0.5) is 0 Å². The Morgan fingerprint density at radius 1 is 1.12 bits per heavy atom. The molecule has 182 valence electrons. The summed E-state index contributed by atoms with van der Waals surface area (Å²) in [5.41, 5.74) is 1.23. The van der Waals surface area contributed by atoms with Gasteiger partial charge in [0.25, 0.3) is 11.8 Å². The molecule has 0 spiro atoms. The van der Waals surface area contributed by atoms with Crippen LogP contribution >= 0.6 is 7.60 Å². The van der Waals surface area contributed by atoms with Gasteiger partial charge >= 0.3 is 13.6 Å². The highest BCUT2D eigenvalue weighted by Gasteiger charge is 2.41. The van der Waals surface area contributed by atoms with Crippen molar-refractivity contribution < 1.29 is 33.5 Å². The fourth-order valence-electron chi connectivity index (χ4n) is 3.95. The minimum Gasteiger partial charge on any atom is -0.480 e. The summed E-state index contributed by atoms with van der Waals surface area (Å²) in [4.78, 5) is 48.9. The fourth-order valence-corrected chi connectivity index (χ4v) is 5.38. The average Bonchev–Trinajstić information content (AvgIpc) is 3.32. The zero-order valence-electron chi connectivity index (χ0n) is 18.9. The number of amides is 2. The molecular weight excluding hydrogens is 459 g/mol. The molecule has 2 aromatic rings. The summed E-state index contributed by atoms with van der Waals surface area (Å²) in [6, 6.07) is 16.6. The molecule has 1 saturated heterocycles. The molecule has 0 saturated carbocycles. The fraction of sp³-hybridized carbons (Fsp3) is 0.375. The predicted molar refractivity (Wildman–Crippen MR) is 125 cm³/mol. The normalized spacial score (nSPS) is 19.1. The lowest BCUT2D eigenvalue weighted by Crippen LogP contribution is -2.45. The molecule has 9 nitrogen and oxygen atoms in total. The summed E-state index contributed by atoms with van der Waals surface area (Å²) in [6.45, 7) is 1.55. The van der Waals surface area contributed by atoms with Crippen LogP contribution in [0.3, 0.4) is 0 Å². The monoisotopic (exact) mass is 488 g/mol. The average molecular weight is 488 g/mol. The summed E-state index contributed by atoms with van der Waals surface area (Å²) in [6.07, 6.45) is -0.0252. The number of carboxylic acid groups (broad SMARTS) is 1. The minimum absolute atomic E-state index is 0.0960. The number of carbonyl (C=O) groups excluding carboxylic acids is 2. The third-order valence-corrected chi connectivity index (χ3v) is 7.55. The van der Waals surface area contributed by atoms with Gasteiger partial charge in [0.15, 0.2) is 0 Å². The zero-order chi connectivity index (χ0) is 24.7. The highest BCUT2D eigenvalue weighted by atomic mass is 31.2. The van der Waals surface area contributed by atoms with Gasteiger partial charge in [-0.15, -0.1) is 0 Å². The molecule has 1 fully saturated rings. The number of benzene rings is 2. The first kappa shape index (κ1) is 25.6. The summed E-state index contributed by atoms with van der Waals surface area (Å²) >= 11 is 0. The van der Waals surface area contributed by atoms with Gasteiger partial charge < -0.3 is 20.2 Å². The topological polar surface area (TPSA) is 133 Å². The van der Waals surface area contributed by atoms with E-state index in [0.29, 0.717) is 24.8 Å². The number of rotatable bonds is 10. The maximum atomic E-state index is 13.3. The molecule has 3 unspecified atom stereocenters. The molecule has 0 bridgehead atoms. The first-order chi connectivity index (χ1) is 16.2. The Morgan fingerprint density at radius 2 is 1.74 bits per heavy atom. The van der Waals surface area contributed by atoms with Gasteiger partial charge in [0.1, 0.15) is 17.9 Å². The summed E-state index contributed by atoms with van der Waals surface area (Å²) in [5, 5.41) is 11.9. The van der Waals surface area contributed by atoms with E-state index in [-0.39, 0.29) is 13.0 Å². The standard InChI is InChI=1S/C24H29N2O7P/c1-17(23(28)26-16-8-13-20(26)24(29)30)33-34(31,32)21(15-14-18-9-4-2-5-10-18)25-22(27)19-11-6-3-7-12-19/h2-7,9-12,17,20-21H,8,13-16H2,1H3,(H,25,27)(H,29,30)(H,31,32)/t17?,20?,21-/m0/s1. The lowest BCUT2D eigenvalue weighted by atomic mass is 10.1. The van der Waals surface area contributed by atoms with Crippen LogP contribution in [0, 0.1) is 0 Å². The molecule has 1 aliphatic heterocycles. The first-order valence-corrected chi connectivity index (χ1v) is 12.8. The number of nitrogens with zero attached hydrogens (tertiary/aromatic N) is 1. The second-order valence-corrected chi connectivity index (χ2v) is 10.2. The van der Waals surface area contributed by atoms with Crippen LogP contribution in [0.5, 0.6) is 0 Å². The smallest absolute Gasteiger partial charge is 0.350 e. The van der Waals surface area contributed by atoms with Gasteiger partial charge in [0.05, 0.1) is 0 Å². The lowest BCUT2D eigenvalue weighted by molar-refractivity contribution is -0.151. The molecule has 3 N–H and O–H groups in total. The van der Waals surface area contributed by atoms with Gasteiger partial charge in [0, 0.05) is 12.1 Å². The molecule has 10 heteroatoms. The molecule has 1 aliphatic rings. The quantitative estimate of drug-likeness (QED) is 0.438. The van der Waals surface area contributed by atoms with E-state index < -0.39 is 43.3 Å². The van der Waals surface area contributed by atoms with Gasteiger partial charge in [-0.05, 0) is 50.3 Å². The van der Waals surface area contributed by atoms with Gasteiger partial charge in [-0.25, -0.2) is 4.79 Å². The second kappa shape index (κ2) is 11.4. The Kier molecular flexibility index (Phi) is 8.61. The molecule has 0 aliphatic carbocycles. The Balaban J connectivity index is 1.75. The number of carbonyl (C=O) groups is 3. The molecule has 1 heterocycles. The Bertz CT molecular complexity index is 1050. The van der Waals surface area contributed by atoms with Crippen molar-refractivity contribution in [2.24, 2.45) is 0 Å². The number of aryl methyl sites for hydroxylation is 1. The molecule has 4 atom stereocenters. The molecule has 3 rings (SSSR count). The van der Waals surface area contributed by atoms with Crippen molar-refractivity contribution in [1.82, 2.24) is 10.2 Å². The summed E-state index contributed by atoms with van der Waals surface area (Å²) < 4.78 is 18.6. The van der Waals surface area contributed by atoms with Crippen molar-refractivity contribution >= 4 is 25.4 Å². The van der Waals surface area contributed by atoms with E-state index in [2.05, 4.69) is 5.32 Å². The van der Waals surface area contributed by atoms with Crippen molar-refractivity contribution in [2.75, 3.05) is 6.54 Å². The Morgan fingerprint density at radius 3 is 2.35 bits per heavy atom. The lowest BCUT2D eigenvalue weighted by Gasteiger charge is -2.29. The van der Waals surface area contributed by atoms with Gasteiger partial charge in [-0.3, -0.25) is 18.7 Å².